The van der Waals surface area contributed by atoms with E-state index in [1.165, 1.54) is 0 Å². The van der Waals surface area contributed by atoms with Gasteiger partial charge in [0.1, 0.15) is 0 Å². The van der Waals surface area contributed by atoms with E-state index in [9.17, 15) is 10.2 Å². The topological polar surface area (TPSA) is 67.5 Å². The number of nitrogens with zero attached hydrogens (tertiary/aromatic N) is 2. The highest BCUT2D eigenvalue weighted by Crippen LogP contribution is 2.21. The zero-order valence-corrected chi connectivity index (χ0v) is 10.5. The van der Waals surface area contributed by atoms with Crippen LogP contribution in [0.5, 0.6) is 0 Å². The number of aliphatic hydroxyl groups excluding tert-OH is 2. The summed E-state index contributed by atoms with van der Waals surface area (Å²) in [4.78, 5) is 2.07. The molecule has 2 rings (SSSR count). The van der Waals surface area contributed by atoms with Crippen LogP contribution >= 0.6 is 0 Å². The summed E-state index contributed by atoms with van der Waals surface area (Å²) >= 11 is 0. The molecule has 0 radical (unpaired) electrons. The Bertz CT molecular complexity index is 428. The van der Waals surface area contributed by atoms with Crippen LogP contribution in [0.1, 0.15) is 24.2 Å². The summed E-state index contributed by atoms with van der Waals surface area (Å²) in [6, 6.07) is 9.02. The molecule has 0 aromatic heterocycles. The summed E-state index contributed by atoms with van der Waals surface area (Å²) in [6.07, 6.45) is -0.867. The van der Waals surface area contributed by atoms with Gasteiger partial charge in [-0.1, -0.05) is 19.1 Å². The van der Waals surface area contributed by atoms with Crippen molar-refractivity contribution < 1.29 is 10.2 Å². The van der Waals surface area contributed by atoms with E-state index in [-0.39, 0.29) is 12.0 Å². The first kappa shape index (κ1) is 13.0. The van der Waals surface area contributed by atoms with Gasteiger partial charge in [0.05, 0.1) is 23.8 Å². The van der Waals surface area contributed by atoms with Crippen molar-refractivity contribution in [3.63, 3.8) is 0 Å². The zero-order valence-electron chi connectivity index (χ0n) is 10.5. The van der Waals surface area contributed by atoms with Gasteiger partial charge in [0, 0.05) is 19.6 Å². The molecule has 0 amide bonds. The maximum absolute atomic E-state index is 10.1. The molecule has 18 heavy (non-hydrogen) atoms. The average molecular weight is 246 g/mol. The second kappa shape index (κ2) is 5.49. The molecule has 2 N–H and O–H groups in total. The van der Waals surface area contributed by atoms with E-state index in [4.69, 9.17) is 5.26 Å². The number of hydrogen-bond donors (Lipinski definition) is 2. The van der Waals surface area contributed by atoms with Gasteiger partial charge in [0.15, 0.2) is 0 Å². The maximum atomic E-state index is 10.1. The molecule has 0 spiro atoms. The lowest BCUT2D eigenvalue weighted by Gasteiger charge is -2.19. The van der Waals surface area contributed by atoms with Crippen molar-refractivity contribution in [3.8, 4) is 6.07 Å². The van der Waals surface area contributed by atoms with Crippen LogP contribution < -0.4 is 0 Å². The minimum absolute atomic E-state index is 0.262. The van der Waals surface area contributed by atoms with Crippen LogP contribution in [0.25, 0.3) is 0 Å². The van der Waals surface area contributed by atoms with Gasteiger partial charge >= 0.3 is 0 Å². The monoisotopic (exact) mass is 246 g/mol. The van der Waals surface area contributed by atoms with Crippen LogP contribution in [-0.2, 0) is 0 Å². The summed E-state index contributed by atoms with van der Waals surface area (Å²) in [7, 11) is 0. The van der Waals surface area contributed by atoms with Crippen molar-refractivity contribution in [2.45, 2.75) is 19.1 Å². The van der Waals surface area contributed by atoms with Gasteiger partial charge in [0.25, 0.3) is 0 Å². The summed E-state index contributed by atoms with van der Waals surface area (Å²) in [5.74, 6) is 0.262. The van der Waals surface area contributed by atoms with E-state index in [2.05, 4.69) is 11.0 Å². The van der Waals surface area contributed by atoms with E-state index >= 15 is 0 Å². The summed E-state index contributed by atoms with van der Waals surface area (Å²) < 4.78 is 0. The number of β-amino-alcohol motifs (C(OH)–C–C–N with tert-alkyl or cyclic N) is 2. The van der Waals surface area contributed by atoms with Crippen molar-refractivity contribution >= 4 is 0 Å². The second-order valence-corrected chi connectivity index (χ2v) is 5.01. The quantitative estimate of drug-likeness (QED) is 0.831. The molecule has 1 heterocycles. The standard InChI is InChI=1S/C14H18N2O2/c1-10-7-16(8-13(10)17)9-14(18)12-4-2-11(6-15)3-5-12/h2-5,10,13-14,17-18H,7-9H2,1H3/t10-,13-,14?/m1/s1. The fourth-order valence-electron chi connectivity index (χ4n) is 2.33. The predicted octanol–water partition coefficient (Wildman–Crippen LogP) is 0.904. The van der Waals surface area contributed by atoms with Crippen LogP contribution in [0.3, 0.4) is 0 Å². The third-order valence-electron chi connectivity index (χ3n) is 3.50. The largest absolute Gasteiger partial charge is 0.391 e. The van der Waals surface area contributed by atoms with E-state index in [1.54, 1.807) is 24.3 Å². The maximum Gasteiger partial charge on any atom is 0.0991 e. The number of benzene rings is 1. The van der Waals surface area contributed by atoms with Crippen molar-refractivity contribution in [1.82, 2.24) is 4.90 Å². The molecule has 1 fully saturated rings. The van der Waals surface area contributed by atoms with Gasteiger partial charge in [-0.15, -0.1) is 0 Å². The van der Waals surface area contributed by atoms with Gasteiger partial charge in [0.2, 0.25) is 0 Å². The predicted molar refractivity (Wildman–Crippen MR) is 67.7 cm³/mol. The molecule has 0 aliphatic carbocycles. The van der Waals surface area contributed by atoms with Crippen LogP contribution in [0.15, 0.2) is 24.3 Å². The Morgan fingerprint density at radius 2 is 2.06 bits per heavy atom. The molecular formula is C14H18N2O2. The molecule has 1 aromatic carbocycles. The summed E-state index contributed by atoms with van der Waals surface area (Å²) in [5.41, 5.74) is 1.40. The Balaban J connectivity index is 1.95. The zero-order chi connectivity index (χ0) is 13.1. The highest BCUT2D eigenvalue weighted by molar-refractivity contribution is 5.32. The molecule has 1 unspecified atom stereocenters. The molecular weight excluding hydrogens is 228 g/mol. The van der Waals surface area contributed by atoms with E-state index in [1.807, 2.05) is 6.92 Å². The SMILES string of the molecule is C[C@@H]1CN(CC(O)c2ccc(C#N)cc2)C[C@H]1O. The third kappa shape index (κ3) is 2.88. The van der Waals surface area contributed by atoms with Crippen LogP contribution in [0, 0.1) is 17.2 Å². The smallest absolute Gasteiger partial charge is 0.0991 e. The molecule has 4 heteroatoms. The molecule has 96 valence electrons. The Hall–Kier alpha value is -1.41. The molecule has 1 saturated heterocycles. The van der Waals surface area contributed by atoms with E-state index in [0.29, 0.717) is 18.7 Å². The Morgan fingerprint density at radius 3 is 2.56 bits per heavy atom. The van der Waals surface area contributed by atoms with E-state index < -0.39 is 6.10 Å². The number of aliphatic hydroxyl groups is 2. The molecule has 0 bridgehead atoms. The summed E-state index contributed by atoms with van der Waals surface area (Å²) in [6.45, 7) is 3.97. The number of rotatable bonds is 3. The van der Waals surface area contributed by atoms with Crippen molar-refractivity contribution in [2.24, 2.45) is 5.92 Å². The Labute approximate surface area is 107 Å². The number of likely N-dealkylation sites (tertiary alicyclic amines) is 1. The van der Waals surface area contributed by atoms with Gasteiger partial charge in [-0.2, -0.15) is 5.26 Å². The molecule has 1 aliphatic rings. The van der Waals surface area contributed by atoms with Crippen LogP contribution in [0.2, 0.25) is 0 Å². The van der Waals surface area contributed by atoms with E-state index in [0.717, 1.165) is 12.1 Å². The first-order chi connectivity index (χ1) is 8.60. The number of nitriles is 1. The Kier molecular flexibility index (Phi) is 3.97. The van der Waals surface area contributed by atoms with Gasteiger partial charge in [-0.05, 0) is 23.6 Å². The lowest BCUT2D eigenvalue weighted by molar-refractivity contribution is 0.112. The molecule has 1 aliphatic heterocycles. The van der Waals surface area contributed by atoms with Gasteiger partial charge in [-0.25, -0.2) is 0 Å². The van der Waals surface area contributed by atoms with Gasteiger partial charge in [-0.3, -0.25) is 4.90 Å². The van der Waals surface area contributed by atoms with Crippen LogP contribution in [0.4, 0.5) is 0 Å². The molecule has 4 nitrogen and oxygen atoms in total. The minimum atomic E-state index is -0.574. The van der Waals surface area contributed by atoms with Crippen LogP contribution in [-0.4, -0.2) is 40.9 Å². The normalized spacial score (nSPS) is 25.9. The fraction of sp³-hybridized carbons (Fsp3) is 0.500. The van der Waals surface area contributed by atoms with Gasteiger partial charge < -0.3 is 10.2 Å². The lowest BCUT2D eigenvalue weighted by atomic mass is 10.1. The highest BCUT2D eigenvalue weighted by Gasteiger charge is 2.28. The highest BCUT2D eigenvalue weighted by atomic mass is 16.3. The first-order valence-corrected chi connectivity index (χ1v) is 6.18. The fourth-order valence-corrected chi connectivity index (χ4v) is 2.33. The molecule has 1 aromatic rings. The average Bonchev–Trinajstić information content (AvgIpc) is 2.68. The number of hydrogen-bond acceptors (Lipinski definition) is 4. The Morgan fingerprint density at radius 1 is 1.39 bits per heavy atom. The molecule has 0 saturated carbocycles. The summed E-state index contributed by atoms with van der Waals surface area (Å²) in [5, 5.41) is 28.5. The van der Waals surface area contributed by atoms with Crippen molar-refractivity contribution in [3.05, 3.63) is 35.4 Å². The molecule has 3 atom stereocenters. The van der Waals surface area contributed by atoms with Crippen molar-refractivity contribution in [2.75, 3.05) is 19.6 Å². The third-order valence-corrected chi connectivity index (χ3v) is 3.50. The lowest BCUT2D eigenvalue weighted by Crippen LogP contribution is -2.27. The minimum Gasteiger partial charge on any atom is -0.391 e. The first-order valence-electron chi connectivity index (χ1n) is 6.18. The second-order valence-electron chi connectivity index (χ2n) is 5.01. The van der Waals surface area contributed by atoms with Crippen molar-refractivity contribution in [1.29, 1.82) is 5.26 Å².